The Morgan fingerprint density at radius 2 is 1.93 bits per heavy atom. The lowest BCUT2D eigenvalue weighted by molar-refractivity contribution is 0.734. The maximum Gasteiger partial charge on any atom is 0.138 e. The molecule has 2 heterocycles. The molecule has 0 spiro atoms. The van der Waals surface area contributed by atoms with E-state index in [9.17, 15) is 0 Å². The first kappa shape index (κ1) is 17.9. The normalized spacial score (nSPS) is 16.9. The van der Waals surface area contributed by atoms with Crippen molar-refractivity contribution in [2.75, 3.05) is 0 Å². The first-order valence-corrected chi connectivity index (χ1v) is 10.4. The second-order valence-electron chi connectivity index (χ2n) is 8.42. The Morgan fingerprint density at radius 3 is 2.69 bits per heavy atom. The van der Waals surface area contributed by atoms with Gasteiger partial charge in [0, 0.05) is 11.3 Å². The highest BCUT2D eigenvalue weighted by atomic mass is 15.1. The average molecular weight is 383 g/mol. The van der Waals surface area contributed by atoms with Crippen molar-refractivity contribution in [3.05, 3.63) is 66.0 Å². The monoisotopic (exact) mass is 382 g/mol. The lowest BCUT2D eigenvalue weighted by atomic mass is 10.0. The second kappa shape index (κ2) is 6.73. The fourth-order valence-corrected chi connectivity index (χ4v) is 4.08. The smallest absolute Gasteiger partial charge is 0.138 e. The Hall–Kier alpha value is -3.14. The number of rotatable bonds is 3. The number of benzene rings is 2. The van der Waals surface area contributed by atoms with Crippen molar-refractivity contribution in [3.63, 3.8) is 0 Å². The maximum atomic E-state index is 4.83. The Labute approximate surface area is 171 Å². The molecule has 1 unspecified atom stereocenters. The highest BCUT2D eigenvalue weighted by Gasteiger charge is 2.14. The molecule has 146 valence electrons. The van der Waals surface area contributed by atoms with Crippen LogP contribution >= 0.6 is 0 Å². The average Bonchev–Trinajstić information content (AvgIpc) is 3.27. The fourth-order valence-electron chi connectivity index (χ4n) is 4.08. The van der Waals surface area contributed by atoms with E-state index < -0.39 is 0 Å². The van der Waals surface area contributed by atoms with Gasteiger partial charge < -0.3 is 4.98 Å². The number of imidazole rings is 2. The largest absolute Gasteiger partial charge is 0.338 e. The molecule has 29 heavy (non-hydrogen) atoms. The molecule has 1 aliphatic carbocycles. The van der Waals surface area contributed by atoms with E-state index in [-0.39, 0.29) is 0 Å². The van der Waals surface area contributed by atoms with Crippen LogP contribution in [0.25, 0.3) is 39.2 Å². The summed E-state index contributed by atoms with van der Waals surface area (Å²) in [4.78, 5) is 13.1. The molecule has 2 aromatic carbocycles. The molecule has 0 saturated heterocycles. The minimum absolute atomic E-state index is 0.501. The summed E-state index contributed by atoms with van der Waals surface area (Å²) in [6.45, 7) is 8.73. The SMILES string of the molecule is Cc1nc2cc(-c3nc4ccc(C(C)C)cc4[nH]3)ccc2n1C1=CCC(C)C=C1. The van der Waals surface area contributed by atoms with Gasteiger partial charge >= 0.3 is 0 Å². The molecule has 4 nitrogen and oxygen atoms in total. The zero-order valence-electron chi connectivity index (χ0n) is 17.4. The molecule has 1 N–H and O–H groups in total. The molecule has 1 atom stereocenters. The van der Waals surface area contributed by atoms with Crippen LogP contribution in [-0.4, -0.2) is 19.5 Å². The predicted molar refractivity (Wildman–Crippen MR) is 121 cm³/mol. The van der Waals surface area contributed by atoms with Crippen molar-refractivity contribution in [2.45, 2.75) is 40.0 Å². The minimum Gasteiger partial charge on any atom is -0.338 e. The zero-order valence-corrected chi connectivity index (χ0v) is 17.4. The third-order valence-corrected chi connectivity index (χ3v) is 5.82. The number of aryl methyl sites for hydroxylation is 1. The van der Waals surface area contributed by atoms with Gasteiger partial charge in [0.05, 0.1) is 22.1 Å². The summed E-state index contributed by atoms with van der Waals surface area (Å²) in [5.74, 6) is 3.00. The quantitative estimate of drug-likeness (QED) is 0.443. The fraction of sp³-hybridized carbons (Fsp3) is 0.280. The van der Waals surface area contributed by atoms with Crippen molar-refractivity contribution in [1.82, 2.24) is 19.5 Å². The molecule has 0 fully saturated rings. The van der Waals surface area contributed by atoms with Gasteiger partial charge in [0.25, 0.3) is 0 Å². The van der Waals surface area contributed by atoms with Crippen molar-refractivity contribution in [3.8, 4) is 11.4 Å². The lowest BCUT2D eigenvalue weighted by Crippen LogP contribution is -2.02. The molecule has 0 radical (unpaired) electrons. The van der Waals surface area contributed by atoms with Crippen molar-refractivity contribution >= 4 is 27.8 Å². The van der Waals surface area contributed by atoms with E-state index in [1.807, 2.05) is 0 Å². The number of allylic oxidation sites excluding steroid dienone is 4. The van der Waals surface area contributed by atoms with E-state index in [4.69, 9.17) is 9.97 Å². The number of aromatic amines is 1. The van der Waals surface area contributed by atoms with Crippen LogP contribution in [0.1, 0.15) is 44.5 Å². The van der Waals surface area contributed by atoms with E-state index in [2.05, 4.69) is 91.9 Å². The number of hydrogen-bond acceptors (Lipinski definition) is 2. The van der Waals surface area contributed by atoms with Gasteiger partial charge in [-0.15, -0.1) is 0 Å². The third-order valence-electron chi connectivity index (χ3n) is 5.82. The highest BCUT2D eigenvalue weighted by Crippen LogP contribution is 2.29. The lowest BCUT2D eigenvalue weighted by Gasteiger charge is -2.14. The van der Waals surface area contributed by atoms with Crippen LogP contribution in [-0.2, 0) is 0 Å². The number of H-pyrrole nitrogens is 1. The van der Waals surface area contributed by atoms with E-state index in [0.717, 1.165) is 45.7 Å². The van der Waals surface area contributed by atoms with Gasteiger partial charge in [-0.25, -0.2) is 9.97 Å². The summed E-state index contributed by atoms with van der Waals surface area (Å²) in [5, 5.41) is 0. The Kier molecular flexibility index (Phi) is 4.16. The van der Waals surface area contributed by atoms with Gasteiger partial charge in [-0.05, 0) is 67.2 Å². The van der Waals surface area contributed by atoms with Crippen LogP contribution in [0, 0.1) is 12.8 Å². The molecular weight excluding hydrogens is 356 g/mol. The van der Waals surface area contributed by atoms with Crippen LogP contribution in [0.4, 0.5) is 0 Å². The number of hydrogen-bond donors (Lipinski definition) is 1. The number of nitrogens with zero attached hydrogens (tertiary/aromatic N) is 3. The summed E-state index contributed by atoms with van der Waals surface area (Å²) in [7, 11) is 0. The van der Waals surface area contributed by atoms with Crippen molar-refractivity contribution < 1.29 is 0 Å². The van der Waals surface area contributed by atoms with Crippen molar-refractivity contribution in [2.24, 2.45) is 5.92 Å². The molecule has 0 saturated carbocycles. The van der Waals surface area contributed by atoms with Crippen LogP contribution < -0.4 is 0 Å². The van der Waals surface area contributed by atoms with Gasteiger partial charge in [0.15, 0.2) is 0 Å². The van der Waals surface area contributed by atoms with Crippen LogP contribution in [0.3, 0.4) is 0 Å². The molecule has 0 bridgehead atoms. The number of fused-ring (bicyclic) bond motifs is 2. The molecule has 4 heteroatoms. The molecular formula is C25H26N4. The van der Waals surface area contributed by atoms with Gasteiger partial charge in [0.1, 0.15) is 11.6 Å². The third kappa shape index (κ3) is 3.09. The first-order valence-electron chi connectivity index (χ1n) is 10.4. The molecule has 5 rings (SSSR count). The summed E-state index contributed by atoms with van der Waals surface area (Å²) in [5.41, 5.74) is 7.80. The summed E-state index contributed by atoms with van der Waals surface area (Å²) < 4.78 is 2.25. The van der Waals surface area contributed by atoms with Crippen LogP contribution in [0.15, 0.2) is 54.6 Å². The predicted octanol–water partition coefficient (Wildman–Crippen LogP) is 6.45. The first-order chi connectivity index (χ1) is 14.0. The summed E-state index contributed by atoms with van der Waals surface area (Å²) in [6.07, 6.45) is 7.86. The standard InChI is InChI=1S/C25H26N4/c1-15(2)18-7-11-21-22(13-18)28-25(27-21)19-8-12-24-23(14-19)26-17(4)29(24)20-9-5-16(3)6-10-20/h5,7-16H,6H2,1-4H3,(H,27,28). The Balaban J connectivity index is 1.57. The number of nitrogens with one attached hydrogen (secondary N) is 1. The molecule has 0 aliphatic heterocycles. The molecule has 1 aliphatic rings. The highest BCUT2D eigenvalue weighted by molar-refractivity contribution is 5.87. The van der Waals surface area contributed by atoms with Gasteiger partial charge in [-0.1, -0.05) is 39.0 Å². The summed E-state index contributed by atoms with van der Waals surface area (Å²) >= 11 is 0. The van der Waals surface area contributed by atoms with Gasteiger partial charge in [-0.3, -0.25) is 4.57 Å². The maximum absolute atomic E-state index is 4.83. The Bertz CT molecular complexity index is 1280. The minimum atomic E-state index is 0.501. The topological polar surface area (TPSA) is 46.5 Å². The van der Waals surface area contributed by atoms with E-state index in [1.165, 1.54) is 11.3 Å². The van der Waals surface area contributed by atoms with E-state index in [1.54, 1.807) is 0 Å². The Morgan fingerprint density at radius 1 is 1.07 bits per heavy atom. The van der Waals surface area contributed by atoms with E-state index in [0.29, 0.717) is 11.8 Å². The zero-order chi connectivity index (χ0) is 20.1. The second-order valence-corrected chi connectivity index (χ2v) is 8.42. The molecule has 4 aromatic rings. The number of aromatic nitrogens is 4. The molecule has 2 aromatic heterocycles. The van der Waals surface area contributed by atoms with Gasteiger partial charge in [0.2, 0.25) is 0 Å². The van der Waals surface area contributed by atoms with Gasteiger partial charge in [-0.2, -0.15) is 0 Å². The summed E-state index contributed by atoms with van der Waals surface area (Å²) in [6, 6.07) is 12.9. The molecule has 0 amide bonds. The van der Waals surface area contributed by atoms with Crippen LogP contribution in [0.5, 0.6) is 0 Å². The van der Waals surface area contributed by atoms with Crippen molar-refractivity contribution in [1.29, 1.82) is 0 Å². The van der Waals surface area contributed by atoms with E-state index >= 15 is 0 Å². The van der Waals surface area contributed by atoms with Crippen LogP contribution in [0.2, 0.25) is 0 Å².